The number of fused-ring (bicyclic) bond motifs is 1. The summed E-state index contributed by atoms with van der Waals surface area (Å²) < 4.78 is 0. The SMILES string of the molecule is CCN(C(=O)c1cc2ccccc2[nH]1)[C@H]1CCC[C@@H](NCc2cnc(Cl)nc2)C1. The van der Waals surface area contributed by atoms with E-state index in [1.807, 2.05) is 35.2 Å². The minimum absolute atomic E-state index is 0.0838. The van der Waals surface area contributed by atoms with Gasteiger partial charge in [-0.2, -0.15) is 0 Å². The maximum Gasteiger partial charge on any atom is 0.270 e. The fourth-order valence-electron chi connectivity index (χ4n) is 4.24. The van der Waals surface area contributed by atoms with Gasteiger partial charge in [-0.15, -0.1) is 0 Å². The summed E-state index contributed by atoms with van der Waals surface area (Å²) in [5, 5.41) is 4.93. The highest BCUT2D eigenvalue weighted by Gasteiger charge is 2.29. The molecule has 0 unspecified atom stereocenters. The average Bonchev–Trinajstić information content (AvgIpc) is 3.18. The lowest BCUT2D eigenvalue weighted by Crippen LogP contribution is -2.46. The Balaban J connectivity index is 1.41. The molecule has 6 nitrogen and oxygen atoms in total. The Morgan fingerprint density at radius 3 is 2.83 bits per heavy atom. The van der Waals surface area contributed by atoms with Crippen molar-refractivity contribution in [3.63, 3.8) is 0 Å². The quantitative estimate of drug-likeness (QED) is 0.597. The number of amides is 1. The zero-order valence-electron chi connectivity index (χ0n) is 16.6. The number of carbonyl (C=O) groups is 1. The van der Waals surface area contributed by atoms with Crippen molar-refractivity contribution in [2.24, 2.45) is 0 Å². The Kier molecular flexibility index (Phi) is 6.11. The molecule has 2 N–H and O–H groups in total. The fourth-order valence-corrected chi connectivity index (χ4v) is 4.33. The van der Waals surface area contributed by atoms with E-state index in [1.165, 1.54) is 0 Å². The third-order valence-corrected chi connectivity index (χ3v) is 5.91. The van der Waals surface area contributed by atoms with E-state index >= 15 is 0 Å². The Hall–Kier alpha value is -2.44. The maximum atomic E-state index is 13.2. The lowest BCUT2D eigenvalue weighted by Gasteiger charge is -2.37. The Bertz CT molecular complexity index is 938. The van der Waals surface area contributed by atoms with E-state index in [0.29, 0.717) is 24.8 Å². The van der Waals surface area contributed by atoms with Gasteiger partial charge in [-0.25, -0.2) is 9.97 Å². The molecule has 1 saturated carbocycles. The van der Waals surface area contributed by atoms with Crippen LogP contribution in [0.25, 0.3) is 10.9 Å². The molecule has 152 valence electrons. The molecule has 0 radical (unpaired) electrons. The van der Waals surface area contributed by atoms with Gasteiger partial charge in [0.15, 0.2) is 0 Å². The van der Waals surface area contributed by atoms with Crippen molar-refractivity contribution in [1.29, 1.82) is 0 Å². The summed E-state index contributed by atoms with van der Waals surface area (Å²) in [5.74, 6) is 0.0838. The first kappa shape index (κ1) is 19.9. The van der Waals surface area contributed by atoms with Gasteiger partial charge >= 0.3 is 0 Å². The van der Waals surface area contributed by atoms with E-state index in [1.54, 1.807) is 12.4 Å². The van der Waals surface area contributed by atoms with E-state index in [-0.39, 0.29) is 17.2 Å². The molecule has 0 saturated heterocycles. The van der Waals surface area contributed by atoms with Crippen molar-refractivity contribution in [3.05, 3.63) is 59.3 Å². The summed E-state index contributed by atoms with van der Waals surface area (Å²) in [6, 6.07) is 10.6. The lowest BCUT2D eigenvalue weighted by atomic mass is 9.89. The molecule has 0 bridgehead atoms. The molecule has 0 aliphatic heterocycles. The van der Waals surface area contributed by atoms with Crippen LogP contribution in [0.15, 0.2) is 42.7 Å². The van der Waals surface area contributed by atoms with E-state index in [4.69, 9.17) is 11.6 Å². The number of halogens is 1. The molecule has 1 amide bonds. The zero-order valence-corrected chi connectivity index (χ0v) is 17.3. The number of carbonyl (C=O) groups excluding carboxylic acids is 1. The molecule has 1 aliphatic rings. The van der Waals surface area contributed by atoms with Crippen LogP contribution in [0.1, 0.15) is 48.7 Å². The smallest absolute Gasteiger partial charge is 0.270 e. The number of aromatic nitrogens is 3. The molecule has 0 spiro atoms. The summed E-state index contributed by atoms with van der Waals surface area (Å²) in [6.07, 6.45) is 7.72. The van der Waals surface area contributed by atoms with Crippen molar-refractivity contribution in [2.45, 2.75) is 51.2 Å². The maximum absolute atomic E-state index is 13.2. The number of para-hydroxylation sites is 1. The predicted octanol–water partition coefficient (Wildman–Crippen LogP) is 4.17. The minimum atomic E-state index is 0.0838. The number of hydrogen-bond donors (Lipinski definition) is 2. The van der Waals surface area contributed by atoms with Crippen molar-refractivity contribution in [1.82, 2.24) is 25.2 Å². The van der Waals surface area contributed by atoms with Crippen LogP contribution in [0.2, 0.25) is 5.28 Å². The first-order chi connectivity index (χ1) is 14.1. The molecule has 1 aliphatic carbocycles. The van der Waals surface area contributed by atoms with Crippen molar-refractivity contribution in [2.75, 3.05) is 6.54 Å². The standard InChI is InChI=1S/C22H26ClN5O/c1-2-28(21(29)20-10-16-6-3-4-9-19(16)27-20)18-8-5-7-17(11-18)24-12-15-13-25-22(23)26-14-15/h3-4,6,9-10,13-14,17-18,24,27H,2,5,7-8,11-12H2,1H3/t17-,18+/m1/s1. The predicted molar refractivity (Wildman–Crippen MR) is 115 cm³/mol. The molecule has 2 atom stereocenters. The molecule has 4 rings (SSSR count). The van der Waals surface area contributed by atoms with E-state index in [9.17, 15) is 4.79 Å². The molecular formula is C22H26ClN5O. The largest absolute Gasteiger partial charge is 0.351 e. The summed E-state index contributed by atoms with van der Waals surface area (Å²) in [4.78, 5) is 26.6. The highest BCUT2D eigenvalue weighted by atomic mass is 35.5. The second kappa shape index (κ2) is 8.93. The molecule has 1 aromatic carbocycles. The number of rotatable bonds is 6. The molecule has 1 fully saturated rings. The minimum Gasteiger partial charge on any atom is -0.351 e. The normalized spacial score (nSPS) is 19.4. The van der Waals surface area contributed by atoms with Gasteiger partial charge in [-0.05, 0) is 56.3 Å². The van der Waals surface area contributed by atoms with Gasteiger partial charge in [-0.1, -0.05) is 18.2 Å². The number of H-pyrrole nitrogens is 1. The molecule has 7 heteroatoms. The van der Waals surface area contributed by atoms with Gasteiger partial charge in [0, 0.05) is 54.0 Å². The van der Waals surface area contributed by atoms with Crippen LogP contribution in [0.5, 0.6) is 0 Å². The van der Waals surface area contributed by atoms with Crippen LogP contribution in [0, 0.1) is 0 Å². The first-order valence-corrected chi connectivity index (χ1v) is 10.6. The topological polar surface area (TPSA) is 73.9 Å². The van der Waals surface area contributed by atoms with Gasteiger partial charge in [-0.3, -0.25) is 4.79 Å². The summed E-state index contributed by atoms with van der Waals surface area (Å²) in [6.45, 7) is 3.47. The van der Waals surface area contributed by atoms with Crippen molar-refractivity contribution >= 4 is 28.4 Å². The van der Waals surface area contributed by atoms with Gasteiger partial charge in [0.2, 0.25) is 5.28 Å². The van der Waals surface area contributed by atoms with Gasteiger partial charge in [0.1, 0.15) is 5.69 Å². The van der Waals surface area contributed by atoms with E-state index in [2.05, 4.69) is 27.2 Å². The number of nitrogens with zero attached hydrogens (tertiary/aromatic N) is 3. The molecule has 2 aromatic heterocycles. The molecular weight excluding hydrogens is 386 g/mol. The van der Waals surface area contributed by atoms with Crippen LogP contribution in [-0.2, 0) is 6.54 Å². The van der Waals surface area contributed by atoms with Crippen LogP contribution >= 0.6 is 11.6 Å². The third-order valence-electron chi connectivity index (χ3n) is 5.72. The van der Waals surface area contributed by atoms with E-state index in [0.717, 1.165) is 42.1 Å². The summed E-state index contributed by atoms with van der Waals surface area (Å²) in [7, 11) is 0. The fraction of sp³-hybridized carbons (Fsp3) is 0.409. The number of benzene rings is 1. The van der Waals surface area contributed by atoms with Crippen LogP contribution in [0.3, 0.4) is 0 Å². The highest BCUT2D eigenvalue weighted by Crippen LogP contribution is 2.25. The number of aromatic amines is 1. The second-order valence-electron chi connectivity index (χ2n) is 7.62. The highest BCUT2D eigenvalue weighted by molar-refractivity contribution is 6.28. The average molecular weight is 412 g/mol. The van der Waals surface area contributed by atoms with Gasteiger partial charge in [0.25, 0.3) is 5.91 Å². The Labute approximate surface area is 175 Å². The molecule has 29 heavy (non-hydrogen) atoms. The van der Waals surface area contributed by atoms with E-state index < -0.39 is 0 Å². The summed E-state index contributed by atoms with van der Waals surface area (Å²) >= 11 is 5.75. The monoisotopic (exact) mass is 411 g/mol. The first-order valence-electron chi connectivity index (χ1n) is 10.2. The number of hydrogen-bond acceptors (Lipinski definition) is 4. The van der Waals surface area contributed by atoms with Crippen LogP contribution in [-0.4, -0.2) is 44.4 Å². The second-order valence-corrected chi connectivity index (χ2v) is 7.96. The van der Waals surface area contributed by atoms with Crippen LogP contribution in [0.4, 0.5) is 0 Å². The number of nitrogens with one attached hydrogen (secondary N) is 2. The third kappa shape index (κ3) is 4.60. The Morgan fingerprint density at radius 2 is 2.07 bits per heavy atom. The summed E-state index contributed by atoms with van der Waals surface area (Å²) in [5.41, 5.74) is 2.68. The van der Waals surface area contributed by atoms with Crippen molar-refractivity contribution < 1.29 is 4.79 Å². The molecule has 2 heterocycles. The van der Waals surface area contributed by atoms with Crippen molar-refractivity contribution in [3.8, 4) is 0 Å². The van der Waals surface area contributed by atoms with Crippen LogP contribution < -0.4 is 5.32 Å². The molecule has 3 aromatic rings. The van der Waals surface area contributed by atoms with Gasteiger partial charge < -0.3 is 15.2 Å². The zero-order chi connectivity index (χ0) is 20.2. The Morgan fingerprint density at radius 1 is 1.28 bits per heavy atom. The van der Waals surface area contributed by atoms with Gasteiger partial charge in [0.05, 0.1) is 0 Å². The lowest BCUT2D eigenvalue weighted by molar-refractivity contribution is 0.0623.